The van der Waals surface area contributed by atoms with E-state index in [9.17, 15) is 58.8 Å². The van der Waals surface area contributed by atoms with Crippen LogP contribution in [0.5, 0.6) is 0 Å². The molecule has 0 fully saturated rings. The lowest BCUT2D eigenvalue weighted by atomic mass is 9.99. The Bertz CT molecular complexity index is 1500. The van der Waals surface area contributed by atoms with Gasteiger partial charge in [-0.1, -0.05) is 27.7 Å². The monoisotopic (exact) mass is 845 g/mol. The number of carbonyl (C=O) groups excluding carboxylic acids is 6. The average molecular weight is 846 g/mol. The number of guanidine groups is 2. The van der Waals surface area contributed by atoms with Crippen molar-refractivity contribution in [2.24, 2.45) is 50.5 Å². The summed E-state index contributed by atoms with van der Waals surface area (Å²) in [6.45, 7) is 7.01. The van der Waals surface area contributed by atoms with Crippen molar-refractivity contribution in [3.63, 3.8) is 0 Å². The molecule has 0 aliphatic heterocycles. The zero-order valence-electron chi connectivity index (χ0n) is 34.0. The second kappa shape index (κ2) is 27.0. The first-order valence-corrected chi connectivity index (χ1v) is 18.8. The Kier molecular flexibility index (Phi) is 24.3. The first-order chi connectivity index (χ1) is 27.4. The highest BCUT2D eigenvalue weighted by molar-refractivity contribution is 5.98. The molecule has 336 valence electrons. The molecule has 0 radical (unpaired) electrons. The molecule has 0 aliphatic carbocycles. The number of aliphatic hydroxyl groups excluding tert-OH is 2. The SMILES string of the molecule is CC(C)C[C@H](NC(=O)[C@@H](NC(=O)[C@H](CC(=O)O)NC(=O)[C@H](CO)NC(=O)[C@@H](N)CCCN=C(N)N)[C@@H](C)O)C(=O)N[C@H](C(=O)N[C@@H](CCCN=C(N)N)C(=O)O)C(C)C. The normalized spacial score (nSPS) is 15.1. The highest BCUT2D eigenvalue weighted by Gasteiger charge is 2.36. The lowest BCUT2D eigenvalue weighted by molar-refractivity contribution is -0.143. The molecule has 0 saturated carbocycles. The zero-order chi connectivity index (χ0) is 45.6. The van der Waals surface area contributed by atoms with Crippen molar-refractivity contribution in [1.29, 1.82) is 0 Å². The van der Waals surface area contributed by atoms with E-state index in [1.165, 1.54) is 0 Å². The minimum Gasteiger partial charge on any atom is -0.481 e. The van der Waals surface area contributed by atoms with Crippen LogP contribution in [0.15, 0.2) is 9.98 Å². The van der Waals surface area contributed by atoms with Crippen LogP contribution in [0.2, 0.25) is 0 Å². The van der Waals surface area contributed by atoms with Gasteiger partial charge in [-0.3, -0.25) is 43.5 Å². The summed E-state index contributed by atoms with van der Waals surface area (Å²) in [7, 11) is 0. The first kappa shape index (κ1) is 53.2. The van der Waals surface area contributed by atoms with Crippen molar-refractivity contribution in [2.75, 3.05) is 19.7 Å². The summed E-state index contributed by atoms with van der Waals surface area (Å²) in [5, 5.41) is 53.2. The Balaban J connectivity index is 6.02. The van der Waals surface area contributed by atoms with Crippen LogP contribution in [0, 0.1) is 11.8 Å². The first-order valence-electron chi connectivity index (χ1n) is 18.8. The molecule has 59 heavy (non-hydrogen) atoms. The second-order valence-electron chi connectivity index (χ2n) is 14.5. The van der Waals surface area contributed by atoms with Crippen LogP contribution >= 0.6 is 0 Å². The molecule has 0 rings (SSSR count). The van der Waals surface area contributed by atoms with Crippen molar-refractivity contribution in [2.45, 2.75) is 122 Å². The molecule has 20 N–H and O–H groups in total. The van der Waals surface area contributed by atoms with Crippen molar-refractivity contribution >= 4 is 59.3 Å². The van der Waals surface area contributed by atoms with Gasteiger partial charge in [-0.15, -0.1) is 0 Å². The standard InChI is InChI=1S/C34H63N13O12/c1-15(2)12-20(27(53)46-24(16(3)4)30(56)42-19(32(58)59)9-7-11-41-34(38)39)44-31(57)25(17(5)49)47-28(54)21(13-23(50)51)43-29(55)22(14-48)45-26(52)18(35)8-6-10-40-33(36)37/h15-22,24-25,48-49H,6-14,35H2,1-5H3,(H,42,56)(H,43,55)(H,44,57)(H,45,52)(H,46,53)(H,47,54)(H,50,51)(H,58,59)(H4,36,37,40)(H4,38,39,41)/t17-,18+,19+,20+,21+,22+,24+,25+/m1/s1. The number of aliphatic hydroxyl groups is 2. The Hall–Kier alpha value is -5.82. The third-order valence-corrected chi connectivity index (χ3v) is 8.34. The fraction of sp³-hybridized carbons (Fsp3) is 0.706. The smallest absolute Gasteiger partial charge is 0.326 e. The van der Waals surface area contributed by atoms with E-state index in [0.717, 1.165) is 6.92 Å². The quantitative estimate of drug-likeness (QED) is 0.0198. The number of carbonyl (C=O) groups is 8. The number of carboxylic acids is 2. The minimum atomic E-state index is -1.91. The lowest BCUT2D eigenvalue weighted by Crippen LogP contribution is -2.62. The van der Waals surface area contributed by atoms with E-state index in [0.29, 0.717) is 6.42 Å². The van der Waals surface area contributed by atoms with Crippen molar-refractivity contribution in [3.8, 4) is 0 Å². The largest absolute Gasteiger partial charge is 0.481 e. The Morgan fingerprint density at radius 3 is 1.47 bits per heavy atom. The highest BCUT2D eigenvalue weighted by Crippen LogP contribution is 2.11. The molecule has 0 aliphatic rings. The van der Waals surface area contributed by atoms with E-state index in [1.54, 1.807) is 27.7 Å². The summed E-state index contributed by atoms with van der Waals surface area (Å²) in [4.78, 5) is 110. The molecule has 0 bridgehead atoms. The third kappa shape index (κ3) is 21.5. The van der Waals surface area contributed by atoms with Gasteiger partial charge < -0.3 is 81.0 Å². The van der Waals surface area contributed by atoms with Crippen molar-refractivity contribution in [1.82, 2.24) is 31.9 Å². The predicted octanol–water partition coefficient (Wildman–Crippen LogP) is -6.04. The summed E-state index contributed by atoms with van der Waals surface area (Å²) < 4.78 is 0. The van der Waals surface area contributed by atoms with Crippen molar-refractivity contribution in [3.05, 3.63) is 0 Å². The van der Waals surface area contributed by atoms with Crippen LogP contribution in [0.25, 0.3) is 0 Å². The fourth-order valence-electron chi connectivity index (χ4n) is 5.21. The van der Waals surface area contributed by atoms with Gasteiger partial charge in [0.15, 0.2) is 11.9 Å². The van der Waals surface area contributed by atoms with E-state index in [1.807, 2.05) is 0 Å². The predicted molar refractivity (Wildman–Crippen MR) is 212 cm³/mol. The second-order valence-corrected chi connectivity index (χ2v) is 14.5. The van der Waals surface area contributed by atoms with Crippen LogP contribution in [0.1, 0.15) is 73.1 Å². The van der Waals surface area contributed by atoms with Gasteiger partial charge in [-0.2, -0.15) is 0 Å². The van der Waals surface area contributed by atoms with E-state index < -0.39 is 115 Å². The number of amides is 6. The number of aliphatic carboxylic acids is 2. The van der Waals surface area contributed by atoms with Crippen LogP contribution in [-0.4, -0.2) is 148 Å². The summed E-state index contributed by atoms with van der Waals surface area (Å²) in [6.07, 6.45) is -2.17. The van der Waals surface area contributed by atoms with Gasteiger partial charge in [0.1, 0.15) is 36.3 Å². The summed E-state index contributed by atoms with van der Waals surface area (Å²) >= 11 is 0. The molecule has 25 nitrogen and oxygen atoms in total. The van der Waals surface area contributed by atoms with Crippen LogP contribution in [0.4, 0.5) is 0 Å². The third-order valence-electron chi connectivity index (χ3n) is 8.34. The molecule has 0 saturated heterocycles. The molecule has 0 aromatic rings. The van der Waals surface area contributed by atoms with E-state index >= 15 is 0 Å². The number of nitrogens with one attached hydrogen (secondary N) is 6. The maximum atomic E-state index is 13.6. The zero-order valence-corrected chi connectivity index (χ0v) is 34.0. The van der Waals surface area contributed by atoms with Gasteiger partial charge in [0.2, 0.25) is 35.4 Å². The molecule has 0 heterocycles. The van der Waals surface area contributed by atoms with E-state index in [-0.39, 0.29) is 56.6 Å². The average Bonchev–Trinajstić information content (AvgIpc) is 3.12. The summed E-state index contributed by atoms with van der Waals surface area (Å²) in [5.41, 5.74) is 26.9. The number of carboxylic acid groups (broad SMARTS) is 2. The number of hydrogen-bond donors (Lipinski definition) is 15. The number of hydrogen-bond acceptors (Lipinski definition) is 13. The number of aliphatic imine (C=N–C) groups is 2. The van der Waals surface area contributed by atoms with Gasteiger partial charge in [0.05, 0.1) is 25.2 Å². The minimum absolute atomic E-state index is 0.0150. The summed E-state index contributed by atoms with van der Waals surface area (Å²) in [6, 6.07) is -10.6. The van der Waals surface area contributed by atoms with E-state index in [2.05, 4.69) is 41.9 Å². The topological polar surface area (TPSA) is 444 Å². The number of nitrogens with zero attached hydrogens (tertiary/aromatic N) is 2. The molecular weight excluding hydrogens is 782 g/mol. The van der Waals surface area contributed by atoms with Crippen LogP contribution < -0.4 is 60.6 Å². The molecule has 8 atom stereocenters. The van der Waals surface area contributed by atoms with Gasteiger partial charge >= 0.3 is 11.9 Å². The number of rotatable bonds is 28. The van der Waals surface area contributed by atoms with E-state index in [4.69, 9.17) is 28.7 Å². The maximum Gasteiger partial charge on any atom is 0.326 e. The molecule has 0 aromatic carbocycles. The highest BCUT2D eigenvalue weighted by atomic mass is 16.4. The molecule has 6 amide bonds. The van der Waals surface area contributed by atoms with Crippen LogP contribution in [-0.2, 0) is 38.4 Å². The van der Waals surface area contributed by atoms with Gasteiger partial charge in [0, 0.05) is 13.1 Å². The Morgan fingerprint density at radius 1 is 0.576 bits per heavy atom. The van der Waals surface area contributed by atoms with Gasteiger partial charge in [0.25, 0.3) is 0 Å². The molecule has 0 unspecified atom stereocenters. The van der Waals surface area contributed by atoms with Gasteiger partial charge in [-0.25, -0.2) is 4.79 Å². The van der Waals surface area contributed by atoms with Crippen molar-refractivity contribution < 1.29 is 58.8 Å². The van der Waals surface area contributed by atoms with Gasteiger partial charge in [-0.05, 0) is 50.9 Å². The lowest BCUT2D eigenvalue weighted by Gasteiger charge is -2.29. The molecule has 0 spiro atoms. The van der Waals surface area contributed by atoms with Crippen LogP contribution in [0.3, 0.4) is 0 Å². The molecule has 0 aromatic heterocycles. The maximum absolute atomic E-state index is 13.6. The summed E-state index contributed by atoms with van der Waals surface area (Å²) in [5.74, 6) is -10.2. The number of nitrogens with two attached hydrogens (primary N) is 5. The Labute approximate surface area is 341 Å². The Morgan fingerprint density at radius 2 is 1.02 bits per heavy atom. The molecule has 25 heteroatoms. The fourth-order valence-corrected chi connectivity index (χ4v) is 5.21. The molecular formula is C34H63N13O12.